The third-order valence-corrected chi connectivity index (χ3v) is 16.8. The molecule has 1 aliphatic heterocycles. The summed E-state index contributed by atoms with van der Waals surface area (Å²) in [7, 11) is 0. The molecule has 0 aliphatic carbocycles. The summed E-state index contributed by atoms with van der Waals surface area (Å²) in [5, 5.41) is 19.2. The molecule has 1 saturated heterocycles. The molecule has 1 unspecified atom stereocenters. The molecule has 74 heavy (non-hydrogen) atoms. The fraction of sp³-hybridized carbons (Fsp3) is 0.941. The lowest BCUT2D eigenvalue weighted by Gasteiger charge is -2.27. The SMILES string of the molecule is CCCCCCCCCCCCCCCCCCCCCCCCCCCCCCCCCCCCCCCCCCCCCCCCCCC/C=C/CCCCCCC1CC(=O)OCC(CO)(CO)COC1=O. The highest BCUT2D eigenvalue weighted by Crippen LogP contribution is 2.25. The van der Waals surface area contributed by atoms with Crippen LogP contribution in [-0.2, 0) is 19.1 Å². The average Bonchev–Trinajstić information content (AvgIpc) is 3.47. The molecule has 0 radical (unpaired) electrons. The number of carbonyl (C=O) groups is 2. The van der Waals surface area contributed by atoms with Crippen molar-refractivity contribution in [2.45, 2.75) is 373 Å². The third kappa shape index (κ3) is 48.9. The predicted octanol–water partition coefficient (Wildman–Crippen LogP) is 21.5. The Morgan fingerprint density at radius 1 is 0.351 bits per heavy atom. The molecule has 0 spiro atoms. The highest BCUT2D eigenvalue weighted by Gasteiger charge is 2.36. The lowest BCUT2D eigenvalue weighted by molar-refractivity contribution is -0.155. The highest BCUT2D eigenvalue weighted by molar-refractivity contribution is 5.80. The molecule has 0 saturated carbocycles. The largest absolute Gasteiger partial charge is 0.465 e. The van der Waals surface area contributed by atoms with Gasteiger partial charge in [0.2, 0.25) is 0 Å². The molecule has 1 aliphatic rings. The van der Waals surface area contributed by atoms with E-state index in [1.807, 2.05) is 0 Å². The van der Waals surface area contributed by atoms with E-state index in [4.69, 9.17) is 9.47 Å². The Bertz CT molecular complexity index is 1160. The van der Waals surface area contributed by atoms with Crippen molar-refractivity contribution in [1.82, 2.24) is 0 Å². The zero-order valence-corrected chi connectivity index (χ0v) is 49.9. The third-order valence-electron chi connectivity index (χ3n) is 16.8. The predicted molar refractivity (Wildman–Crippen MR) is 320 cm³/mol. The van der Waals surface area contributed by atoms with E-state index in [1.54, 1.807) is 0 Å². The number of esters is 2. The molecule has 438 valence electrons. The van der Waals surface area contributed by atoms with Crippen LogP contribution in [0.15, 0.2) is 12.2 Å². The Morgan fingerprint density at radius 3 is 0.838 bits per heavy atom. The van der Waals surface area contributed by atoms with Crippen molar-refractivity contribution in [3.8, 4) is 0 Å². The first kappa shape index (κ1) is 70.6. The van der Waals surface area contributed by atoms with E-state index in [-0.39, 0.29) is 19.6 Å². The number of unbranched alkanes of at least 4 members (excludes halogenated alkanes) is 53. The molecular formula is C68H130O6. The monoisotopic (exact) mass is 1040 g/mol. The first-order chi connectivity index (χ1) is 36.6. The summed E-state index contributed by atoms with van der Waals surface area (Å²) in [5.74, 6) is -1.43. The van der Waals surface area contributed by atoms with Crippen LogP contribution in [0.25, 0.3) is 0 Å². The number of rotatable bonds is 59. The van der Waals surface area contributed by atoms with E-state index < -0.39 is 36.5 Å². The van der Waals surface area contributed by atoms with Gasteiger partial charge in [0.25, 0.3) is 0 Å². The topological polar surface area (TPSA) is 93.1 Å². The van der Waals surface area contributed by atoms with Crippen molar-refractivity contribution >= 4 is 11.9 Å². The molecule has 0 aromatic carbocycles. The lowest BCUT2D eigenvalue weighted by Crippen LogP contribution is -2.40. The molecule has 6 nitrogen and oxygen atoms in total. The van der Waals surface area contributed by atoms with Crippen LogP contribution in [-0.4, -0.2) is 48.6 Å². The second kappa shape index (κ2) is 57.8. The zero-order valence-electron chi connectivity index (χ0n) is 49.9. The van der Waals surface area contributed by atoms with Crippen LogP contribution in [0.3, 0.4) is 0 Å². The van der Waals surface area contributed by atoms with Crippen molar-refractivity contribution in [2.24, 2.45) is 11.3 Å². The van der Waals surface area contributed by atoms with Crippen LogP contribution in [0.2, 0.25) is 0 Å². The summed E-state index contributed by atoms with van der Waals surface area (Å²) in [4.78, 5) is 24.7. The van der Waals surface area contributed by atoms with Gasteiger partial charge in [-0.2, -0.15) is 0 Å². The fourth-order valence-electron chi connectivity index (χ4n) is 11.3. The van der Waals surface area contributed by atoms with Crippen molar-refractivity contribution < 1.29 is 29.3 Å². The van der Waals surface area contributed by atoms with E-state index >= 15 is 0 Å². The first-order valence-corrected chi connectivity index (χ1v) is 33.8. The van der Waals surface area contributed by atoms with Gasteiger partial charge in [0, 0.05) is 0 Å². The molecule has 1 atom stereocenters. The van der Waals surface area contributed by atoms with Gasteiger partial charge in [0.1, 0.15) is 13.2 Å². The number of ether oxygens (including phenoxy) is 2. The maximum atomic E-state index is 12.5. The smallest absolute Gasteiger partial charge is 0.309 e. The number of carbonyl (C=O) groups excluding carboxylic acids is 2. The summed E-state index contributed by atoms with van der Waals surface area (Å²) in [6.07, 6.45) is 83.2. The Hall–Kier alpha value is -1.40. The van der Waals surface area contributed by atoms with Gasteiger partial charge in [-0.05, 0) is 32.1 Å². The average molecular weight is 1040 g/mol. The summed E-state index contributed by atoms with van der Waals surface area (Å²) < 4.78 is 10.6. The number of hydrogen-bond donors (Lipinski definition) is 2. The minimum absolute atomic E-state index is 0.00558. The molecule has 1 fully saturated rings. The summed E-state index contributed by atoms with van der Waals surface area (Å²) in [6, 6.07) is 0. The summed E-state index contributed by atoms with van der Waals surface area (Å²) in [5.41, 5.74) is -1.13. The minimum atomic E-state index is -1.13. The Balaban J connectivity index is 1.67. The van der Waals surface area contributed by atoms with Crippen molar-refractivity contribution in [3.63, 3.8) is 0 Å². The van der Waals surface area contributed by atoms with E-state index in [2.05, 4.69) is 19.1 Å². The number of allylic oxidation sites excluding steroid dienone is 2. The highest BCUT2D eigenvalue weighted by atomic mass is 16.6. The number of aliphatic hydroxyl groups excluding tert-OH is 2. The van der Waals surface area contributed by atoms with Crippen LogP contribution in [0, 0.1) is 11.3 Å². The van der Waals surface area contributed by atoms with Crippen molar-refractivity contribution in [1.29, 1.82) is 0 Å². The second-order valence-corrected chi connectivity index (χ2v) is 24.2. The molecule has 1 rings (SSSR count). The van der Waals surface area contributed by atoms with Crippen LogP contribution in [0.1, 0.15) is 373 Å². The molecule has 0 amide bonds. The molecule has 1 heterocycles. The van der Waals surface area contributed by atoms with Crippen LogP contribution < -0.4 is 0 Å². The Kier molecular flexibility index (Phi) is 55.1. The number of hydrogen-bond acceptors (Lipinski definition) is 6. The molecule has 0 bridgehead atoms. The molecule has 2 N–H and O–H groups in total. The fourth-order valence-corrected chi connectivity index (χ4v) is 11.3. The zero-order chi connectivity index (χ0) is 53.2. The van der Waals surface area contributed by atoms with E-state index in [0.29, 0.717) is 6.42 Å². The molecular weight excluding hydrogens is 913 g/mol. The Labute approximate surface area is 462 Å². The lowest BCUT2D eigenvalue weighted by atomic mass is 9.92. The quantitative estimate of drug-likeness (QED) is 0.0358. The Morgan fingerprint density at radius 2 is 0.581 bits per heavy atom. The standard InChI is InChI=1S/C68H130O6/c1-2-3-4-5-6-7-8-9-10-11-12-13-14-15-16-17-18-19-20-21-22-23-24-25-26-27-28-29-30-31-32-33-34-35-36-37-38-39-40-41-42-43-44-45-46-47-48-49-50-51-52-53-54-55-56-57-58-59-65-60-66(71)73-63-68(61-69,62-70)64-74-67(65)72/h52-53,65,69-70H,2-51,54-64H2,1H3/b53-52+. The maximum absolute atomic E-state index is 12.5. The maximum Gasteiger partial charge on any atom is 0.309 e. The number of aliphatic hydroxyl groups is 2. The van der Waals surface area contributed by atoms with E-state index in [0.717, 1.165) is 32.1 Å². The van der Waals surface area contributed by atoms with Gasteiger partial charge in [-0.15, -0.1) is 0 Å². The van der Waals surface area contributed by atoms with Gasteiger partial charge in [0.05, 0.1) is 31.0 Å². The van der Waals surface area contributed by atoms with Gasteiger partial charge in [-0.25, -0.2) is 0 Å². The van der Waals surface area contributed by atoms with Gasteiger partial charge >= 0.3 is 11.9 Å². The van der Waals surface area contributed by atoms with Gasteiger partial charge in [-0.3, -0.25) is 9.59 Å². The number of cyclic esters (lactones) is 2. The van der Waals surface area contributed by atoms with Gasteiger partial charge in [0.15, 0.2) is 0 Å². The molecule has 0 aromatic heterocycles. The minimum Gasteiger partial charge on any atom is -0.465 e. The second-order valence-electron chi connectivity index (χ2n) is 24.2. The molecule has 6 heteroatoms. The normalized spacial score (nSPS) is 15.1. The summed E-state index contributed by atoms with van der Waals surface area (Å²) >= 11 is 0. The van der Waals surface area contributed by atoms with Crippen molar-refractivity contribution in [3.05, 3.63) is 12.2 Å². The first-order valence-electron chi connectivity index (χ1n) is 33.8. The van der Waals surface area contributed by atoms with Gasteiger partial charge < -0.3 is 19.7 Å². The van der Waals surface area contributed by atoms with E-state index in [9.17, 15) is 19.8 Å². The van der Waals surface area contributed by atoms with Crippen LogP contribution in [0.4, 0.5) is 0 Å². The van der Waals surface area contributed by atoms with E-state index in [1.165, 1.54) is 321 Å². The van der Waals surface area contributed by atoms with Crippen molar-refractivity contribution in [2.75, 3.05) is 26.4 Å². The summed E-state index contributed by atoms with van der Waals surface area (Å²) in [6.45, 7) is 1.19. The van der Waals surface area contributed by atoms with Crippen LogP contribution >= 0.6 is 0 Å². The van der Waals surface area contributed by atoms with Gasteiger partial charge in [-0.1, -0.05) is 347 Å². The van der Waals surface area contributed by atoms with Crippen LogP contribution in [0.5, 0.6) is 0 Å². The molecule has 0 aromatic rings.